The van der Waals surface area contributed by atoms with Gasteiger partial charge in [-0.2, -0.15) is 0 Å². The molecule has 0 aromatic carbocycles. The zero-order chi connectivity index (χ0) is 17.0. The molecule has 1 saturated heterocycles. The average molecular weight is 335 g/mol. The molecule has 1 aliphatic heterocycles. The fourth-order valence-electron chi connectivity index (χ4n) is 2.37. The molecule has 0 aromatic heterocycles. The van der Waals surface area contributed by atoms with E-state index in [4.69, 9.17) is 4.74 Å². The SMILES string of the molecule is COC(=O)CC1CCS(=O)(=O)CCC1NC(=O)OC(C)(C)C. The Morgan fingerprint density at radius 2 is 1.77 bits per heavy atom. The summed E-state index contributed by atoms with van der Waals surface area (Å²) in [7, 11) is -1.86. The van der Waals surface area contributed by atoms with E-state index in [2.05, 4.69) is 10.1 Å². The van der Waals surface area contributed by atoms with Gasteiger partial charge in [-0.1, -0.05) is 0 Å². The standard InChI is InChI=1S/C14H25NO6S/c1-14(2,3)21-13(17)15-11-6-8-22(18,19)7-5-10(11)9-12(16)20-4/h10-11H,5-9H2,1-4H3,(H,15,17). The van der Waals surface area contributed by atoms with Gasteiger partial charge in [0.1, 0.15) is 15.4 Å². The second-order valence-corrected chi connectivity index (χ2v) is 8.83. The zero-order valence-corrected chi connectivity index (χ0v) is 14.4. The van der Waals surface area contributed by atoms with Crippen LogP contribution >= 0.6 is 0 Å². The first-order valence-corrected chi connectivity index (χ1v) is 9.11. The van der Waals surface area contributed by atoms with Crippen molar-refractivity contribution >= 4 is 21.9 Å². The molecule has 1 heterocycles. The maximum absolute atomic E-state index is 11.9. The smallest absolute Gasteiger partial charge is 0.407 e. The molecule has 0 aromatic rings. The lowest BCUT2D eigenvalue weighted by molar-refractivity contribution is -0.142. The minimum atomic E-state index is -3.14. The van der Waals surface area contributed by atoms with E-state index < -0.39 is 33.5 Å². The van der Waals surface area contributed by atoms with Gasteiger partial charge < -0.3 is 14.8 Å². The molecule has 1 N–H and O–H groups in total. The summed E-state index contributed by atoms with van der Waals surface area (Å²) in [5, 5.41) is 2.70. The molecule has 128 valence electrons. The molecule has 2 atom stereocenters. The Kier molecular flexibility index (Phi) is 6.22. The molecule has 22 heavy (non-hydrogen) atoms. The van der Waals surface area contributed by atoms with Gasteiger partial charge in [0.15, 0.2) is 0 Å². The summed E-state index contributed by atoms with van der Waals surface area (Å²) in [6.45, 7) is 5.24. The number of alkyl carbamates (subject to hydrolysis) is 1. The third kappa shape index (κ3) is 6.64. The second kappa shape index (κ2) is 7.30. The fraction of sp³-hybridized carbons (Fsp3) is 0.857. The fourth-order valence-corrected chi connectivity index (χ4v) is 3.85. The van der Waals surface area contributed by atoms with Crippen LogP contribution in [-0.4, -0.2) is 50.7 Å². The summed E-state index contributed by atoms with van der Waals surface area (Å²) < 4.78 is 33.4. The van der Waals surface area contributed by atoms with Gasteiger partial charge in [-0.15, -0.1) is 0 Å². The van der Waals surface area contributed by atoms with Crippen molar-refractivity contribution in [1.29, 1.82) is 0 Å². The van der Waals surface area contributed by atoms with Gasteiger partial charge >= 0.3 is 12.1 Å². The van der Waals surface area contributed by atoms with E-state index in [0.29, 0.717) is 6.42 Å². The Balaban J connectivity index is 2.79. The Bertz CT molecular complexity index is 508. The van der Waals surface area contributed by atoms with Crippen LogP contribution in [0.15, 0.2) is 0 Å². The maximum atomic E-state index is 11.9. The van der Waals surface area contributed by atoms with E-state index in [1.54, 1.807) is 20.8 Å². The molecule has 1 amide bonds. The van der Waals surface area contributed by atoms with Crippen molar-refractivity contribution in [1.82, 2.24) is 5.32 Å². The van der Waals surface area contributed by atoms with E-state index in [-0.39, 0.29) is 30.3 Å². The van der Waals surface area contributed by atoms with Crippen molar-refractivity contribution < 1.29 is 27.5 Å². The molecule has 0 radical (unpaired) electrons. The van der Waals surface area contributed by atoms with Gasteiger partial charge in [-0.05, 0) is 39.5 Å². The van der Waals surface area contributed by atoms with E-state index >= 15 is 0 Å². The third-order valence-corrected chi connectivity index (χ3v) is 5.18. The van der Waals surface area contributed by atoms with Gasteiger partial charge in [-0.3, -0.25) is 4.79 Å². The first-order valence-electron chi connectivity index (χ1n) is 7.29. The highest BCUT2D eigenvalue weighted by Gasteiger charge is 2.33. The molecule has 2 unspecified atom stereocenters. The lowest BCUT2D eigenvalue weighted by Gasteiger charge is -2.27. The molecule has 1 fully saturated rings. The zero-order valence-electron chi connectivity index (χ0n) is 13.5. The normalized spacial score (nSPS) is 24.9. The number of hydrogen-bond donors (Lipinski definition) is 1. The van der Waals surface area contributed by atoms with Crippen LogP contribution in [-0.2, 0) is 24.1 Å². The van der Waals surface area contributed by atoms with Crippen LogP contribution in [0.3, 0.4) is 0 Å². The van der Waals surface area contributed by atoms with Crippen molar-refractivity contribution in [2.75, 3.05) is 18.6 Å². The summed E-state index contributed by atoms with van der Waals surface area (Å²) in [6, 6.07) is -0.425. The van der Waals surface area contributed by atoms with Crippen molar-refractivity contribution in [3.63, 3.8) is 0 Å². The number of ether oxygens (including phenoxy) is 2. The highest BCUT2D eigenvalue weighted by Crippen LogP contribution is 2.23. The number of rotatable bonds is 3. The molecule has 1 rings (SSSR count). The minimum Gasteiger partial charge on any atom is -0.469 e. The molecule has 0 spiro atoms. The van der Waals surface area contributed by atoms with Crippen molar-refractivity contribution in [3.8, 4) is 0 Å². The van der Waals surface area contributed by atoms with E-state index in [0.717, 1.165) is 0 Å². The second-order valence-electron chi connectivity index (χ2n) is 6.52. The van der Waals surface area contributed by atoms with Crippen LogP contribution in [0.5, 0.6) is 0 Å². The van der Waals surface area contributed by atoms with E-state index in [1.807, 2.05) is 0 Å². The van der Waals surface area contributed by atoms with Crippen LogP contribution in [0.2, 0.25) is 0 Å². The van der Waals surface area contributed by atoms with Crippen LogP contribution < -0.4 is 5.32 Å². The summed E-state index contributed by atoms with van der Waals surface area (Å²) >= 11 is 0. The van der Waals surface area contributed by atoms with Crippen LogP contribution in [0.4, 0.5) is 4.79 Å². The predicted octanol–water partition coefficient (Wildman–Crippen LogP) is 1.27. The number of carbonyl (C=O) groups is 2. The Morgan fingerprint density at radius 1 is 1.18 bits per heavy atom. The third-order valence-electron chi connectivity index (χ3n) is 3.47. The molecular weight excluding hydrogens is 310 g/mol. The van der Waals surface area contributed by atoms with Crippen molar-refractivity contribution in [2.24, 2.45) is 5.92 Å². The van der Waals surface area contributed by atoms with Gasteiger partial charge in [0.25, 0.3) is 0 Å². The van der Waals surface area contributed by atoms with E-state index in [1.165, 1.54) is 7.11 Å². The lowest BCUT2D eigenvalue weighted by atomic mass is 9.92. The number of amides is 1. The molecule has 0 saturated carbocycles. The summed E-state index contributed by atoms with van der Waals surface area (Å²) in [5.74, 6) is -0.690. The quantitative estimate of drug-likeness (QED) is 0.780. The molecule has 1 aliphatic rings. The Morgan fingerprint density at radius 3 is 2.32 bits per heavy atom. The number of esters is 1. The average Bonchev–Trinajstić information content (AvgIpc) is 2.49. The molecule has 0 aliphatic carbocycles. The Labute approximate surface area is 131 Å². The minimum absolute atomic E-state index is 0.00879. The highest BCUT2D eigenvalue weighted by atomic mass is 32.2. The molecule has 8 heteroatoms. The van der Waals surface area contributed by atoms with Gasteiger partial charge in [0.05, 0.1) is 25.0 Å². The lowest BCUT2D eigenvalue weighted by Crippen LogP contribution is -2.43. The van der Waals surface area contributed by atoms with Gasteiger partial charge in [0.2, 0.25) is 0 Å². The number of carbonyl (C=O) groups excluding carboxylic acids is 2. The van der Waals surface area contributed by atoms with Crippen LogP contribution in [0, 0.1) is 5.92 Å². The number of methoxy groups -OCH3 is 1. The van der Waals surface area contributed by atoms with E-state index in [9.17, 15) is 18.0 Å². The number of hydrogen-bond acceptors (Lipinski definition) is 6. The monoisotopic (exact) mass is 335 g/mol. The number of nitrogens with one attached hydrogen (secondary N) is 1. The van der Waals surface area contributed by atoms with Crippen molar-refractivity contribution in [3.05, 3.63) is 0 Å². The van der Waals surface area contributed by atoms with Crippen molar-refractivity contribution in [2.45, 2.75) is 51.7 Å². The Hall–Kier alpha value is -1.31. The maximum Gasteiger partial charge on any atom is 0.407 e. The summed E-state index contributed by atoms with van der Waals surface area (Å²) in [5.41, 5.74) is -0.640. The first kappa shape index (κ1) is 18.7. The van der Waals surface area contributed by atoms with Gasteiger partial charge in [-0.25, -0.2) is 13.2 Å². The summed E-state index contributed by atoms with van der Waals surface area (Å²) in [4.78, 5) is 23.4. The largest absolute Gasteiger partial charge is 0.469 e. The topological polar surface area (TPSA) is 98.8 Å². The molecule has 7 nitrogen and oxygen atoms in total. The first-order chi connectivity index (χ1) is 10.0. The molecular formula is C14H25NO6S. The number of sulfone groups is 1. The van der Waals surface area contributed by atoms with Crippen LogP contribution in [0.25, 0.3) is 0 Å². The predicted molar refractivity (Wildman–Crippen MR) is 81.2 cm³/mol. The van der Waals surface area contributed by atoms with Crippen LogP contribution in [0.1, 0.15) is 40.0 Å². The highest BCUT2D eigenvalue weighted by molar-refractivity contribution is 7.91. The summed E-state index contributed by atoms with van der Waals surface area (Å²) in [6.07, 6.45) is 0.0554. The molecule has 0 bridgehead atoms. The van der Waals surface area contributed by atoms with Gasteiger partial charge in [0, 0.05) is 6.04 Å².